The summed E-state index contributed by atoms with van der Waals surface area (Å²) in [6, 6.07) is 11.0. The van der Waals surface area contributed by atoms with E-state index in [4.69, 9.17) is 0 Å². The number of aryl methyl sites for hydroxylation is 1. The first-order valence-electron chi connectivity index (χ1n) is 7.42. The molecule has 0 unspecified atom stereocenters. The van der Waals surface area contributed by atoms with Crippen LogP contribution in [0.2, 0.25) is 0 Å². The van der Waals surface area contributed by atoms with Crippen molar-refractivity contribution in [2.24, 2.45) is 0 Å². The van der Waals surface area contributed by atoms with Gasteiger partial charge < -0.3 is 5.32 Å². The Hall–Kier alpha value is -3.02. The van der Waals surface area contributed by atoms with E-state index in [2.05, 4.69) is 20.5 Å². The average molecular weight is 311 g/mol. The maximum Gasteiger partial charge on any atom is 0.255 e. The lowest BCUT2D eigenvalue weighted by Gasteiger charge is -2.08. The number of hydrogen-bond donors (Lipinski definition) is 1. The van der Waals surface area contributed by atoms with Crippen LogP contribution >= 0.6 is 0 Å². The van der Waals surface area contributed by atoms with Crippen LogP contribution in [0.3, 0.4) is 0 Å². The molecule has 0 radical (unpaired) electrons. The summed E-state index contributed by atoms with van der Waals surface area (Å²) in [7, 11) is 0. The van der Waals surface area contributed by atoms with Crippen LogP contribution in [0.4, 0.5) is 5.69 Å². The van der Waals surface area contributed by atoms with E-state index >= 15 is 0 Å². The molecule has 1 N–H and O–H groups in total. The molecule has 3 rings (SSSR count). The molecule has 0 fully saturated rings. The second-order valence-electron chi connectivity index (χ2n) is 4.54. The lowest BCUT2D eigenvalue weighted by Crippen LogP contribution is -2.13. The van der Waals surface area contributed by atoms with Crippen LogP contribution in [-0.4, -0.2) is 25.7 Å². The molecule has 120 valence electrons. The molecule has 0 aliphatic carbocycles. The molecule has 2 heterocycles. The fourth-order valence-corrected chi connectivity index (χ4v) is 1.93. The highest BCUT2D eigenvalue weighted by molar-refractivity contribution is 6.04. The third-order valence-corrected chi connectivity index (χ3v) is 3.08. The number of aromatic nitrogens is 4. The Morgan fingerprint density at radius 1 is 1.13 bits per heavy atom. The Kier molecular flexibility index (Phi) is 5.57. The molecular weight excluding hydrogens is 290 g/mol. The molecule has 23 heavy (non-hydrogen) atoms. The van der Waals surface area contributed by atoms with E-state index in [0.717, 1.165) is 11.3 Å². The van der Waals surface area contributed by atoms with Crippen LogP contribution in [0.15, 0.2) is 55.2 Å². The number of carbonyl (C=O) groups is 1. The number of carbonyl (C=O) groups excluding carboxylic acids is 1. The van der Waals surface area contributed by atoms with Crippen LogP contribution in [-0.2, 0) is 0 Å². The van der Waals surface area contributed by atoms with Gasteiger partial charge in [-0.1, -0.05) is 32.0 Å². The van der Waals surface area contributed by atoms with E-state index in [0.29, 0.717) is 11.4 Å². The average Bonchev–Trinajstić information content (AvgIpc) is 3.13. The number of nitrogens with zero attached hydrogens (tertiary/aromatic N) is 4. The largest absolute Gasteiger partial charge is 0.322 e. The van der Waals surface area contributed by atoms with E-state index in [1.54, 1.807) is 22.9 Å². The van der Waals surface area contributed by atoms with Crippen molar-refractivity contribution in [2.45, 2.75) is 20.8 Å². The van der Waals surface area contributed by atoms with Gasteiger partial charge in [0, 0.05) is 18.9 Å². The Labute approximate surface area is 136 Å². The standard InChI is InChI=1S/C15H13N5O.C2H6.H2/c1-11-4-2-3-5-13(11)19-15(21)12-6-7-16-14(8-12)20-9-17-18-10-20;1-2;/h2-10H,1H3,(H,19,21);1-2H3;1H. The van der Waals surface area contributed by atoms with Gasteiger partial charge in [-0.3, -0.25) is 9.36 Å². The summed E-state index contributed by atoms with van der Waals surface area (Å²) in [5.41, 5.74) is 2.33. The van der Waals surface area contributed by atoms with Crippen molar-refractivity contribution in [3.63, 3.8) is 0 Å². The molecule has 0 atom stereocenters. The zero-order valence-electron chi connectivity index (χ0n) is 13.4. The summed E-state index contributed by atoms with van der Waals surface area (Å²) < 4.78 is 1.64. The molecule has 1 aromatic carbocycles. The number of para-hydroxylation sites is 1. The minimum atomic E-state index is -0.180. The Morgan fingerprint density at radius 3 is 2.52 bits per heavy atom. The number of benzene rings is 1. The third kappa shape index (κ3) is 4.00. The van der Waals surface area contributed by atoms with Gasteiger partial charge in [0.1, 0.15) is 18.5 Å². The molecule has 0 saturated heterocycles. The monoisotopic (exact) mass is 311 g/mol. The van der Waals surface area contributed by atoms with Gasteiger partial charge in [-0.05, 0) is 30.7 Å². The number of nitrogens with one attached hydrogen (secondary N) is 1. The van der Waals surface area contributed by atoms with Crippen LogP contribution in [0.5, 0.6) is 0 Å². The lowest BCUT2D eigenvalue weighted by molar-refractivity contribution is 0.102. The molecule has 3 aromatic rings. The van der Waals surface area contributed by atoms with Crippen molar-refractivity contribution in [2.75, 3.05) is 5.32 Å². The van der Waals surface area contributed by atoms with Gasteiger partial charge in [-0.2, -0.15) is 0 Å². The van der Waals surface area contributed by atoms with Crippen LogP contribution in [0, 0.1) is 6.92 Å². The molecular formula is C17H21N5O. The topological polar surface area (TPSA) is 72.7 Å². The molecule has 6 heteroatoms. The number of anilines is 1. The van der Waals surface area contributed by atoms with Gasteiger partial charge in [0.2, 0.25) is 0 Å². The molecule has 0 aliphatic heterocycles. The van der Waals surface area contributed by atoms with Gasteiger partial charge in [0.25, 0.3) is 5.91 Å². The predicted octanol–water partition coefficient (Wildman–Crippen LogP) is 3.50. The fourth-order valence-electron chi connectivity index (χ4n) is 1.93. The van der Waals surface area contributed by atoms with Crippen LogP contribution in [0.1, 0.15) is 31.2 Å². The van der Waals surface area contributed by atoms with Crippen molar-refractivity contribution < 1.29 is 6.22 Å². The number of rotatable bonds is 3. The van der Waals surface area contributed by atoms with Crippen molar-refractivity contribution in [1.82, 2.24) is 19.7 Å². The number of hydrogen-bond acceptors (Lipinski definition) is 4. The smallest absolute Gasteiger partial charge is 0.255 e. The Balaban J connectivity index is 0.000000925. The second kappa shape index (κ2) is 7.84. The van der Waals surface area contributed by atoms with Crippen LogP contribution < -0.4 is 5.32 Å². The van der Waals surface area contributed by atoms with Crippen molar-refractivity contribution >= 4 is 11.6 Å². The summed E-state index contributed by atoms with van der Waals surface area (Å²) in [5, 5.41) is 10.3. The van der Waals surface area contributed by atoms with Gasteiger partial charge in [0.05, 0.1) is 0 Å². The highest BCUT2D eigenvalue weighted by Gasteiger charge is 2.09. The maximum atomic E-state index is 12.3. The Morgan fingerprint density at radius 2 is 1.83 bits per heavy atom. The van der Waals surface area contributed by atoms with Crippen molar-refractivity contribution in [1.29, 1.82) is 0 Å². The zero-order chi connectivity index (χ0) is 16.7. The van der Waals surface area contributed by atoms with Crippen molar-refractivity contribution in [3.8, 4) is 5.82 Å². The van der Waals surface area contributed by atoms with Gasteiger partial charge in [-0.25, -0.2) is 4.98 Å². The quantitative estimate of drug-likeness (QED) is 0.803. The number of amides is 1. The minimum absolute atomic E-state index is 0. The highest BCUT2D eigenvalue weighted by atomic mass is 16.1. The fraction of sp³-hybridized carbons (Fsp3) is 0.176. The van der Waals surface area contributed by atoms with E-state index in [1.165, 1.54) is 12.7 Å². The number of pyridine rings is 1. The molecule has 0 saturated carbocycles. The van der Waals surface area contributed by atoms with E-state index in [-0.39, 0.29) is 7.33 Å². The molecule has 6 nitrogen and oxygen atoms in total. The van der Waals surface area contributed by atoms with E-state index < -0.39 is 0 Å². The third-order valence-electron chi connectivity index (χ3n) is 3.08. The summed E-state index contributed by atoms with van der Waals surface area (Å²) in [4.78, 5) is 16.5. The molecule has 0 spiro atoms. The van der Waals surface area contributed by atoms with Crippen LogP contribution in [0.25, 0.3) is 5.82 Å². The normalized spacial score (nSPS) is 9.70. The minimum Gasteiger partial charge on any atom is -0.322 e. The van der Waals surface area contributed by atoms with Gasteiger partial charge in [-0.15, -0.1) is 10.2 Å². The molecule has 0 bridgehead atoms. The summed E-state index contributed by atoms with van der Waals surface area (Å²) in [5.74, 6) is 0.415. The van der Waals surface area contributed by atoms with Crippen molar-refractivity contribution in [3.05, 3.63) is 66.4 Å². The lowest BCUT2D eigenvalue weighted by atomic mass is 10.2. The first-order valence-corrected chi connectivity index (χ1v) is 7.42. The molecule has 0 aliphatic rings. The van der Waals surface area contributed by atoms with Gasteiger partial charge in [0.15, 0.2) is 0 Å². The van der Waals surface area contributed by atoms with E-state index in [9.17, 15) is 4.79 Å². The first-order chi connectivity index (χ1) is 11.2. The Bertz CT molecular complexity index is 774. The molecule has 2 aromatic heterocycles. The summed E-state index contributed by atoms with van der Waals surface area (Å²) in [6.07, 6.45) is 4.65. The molecule has 1 amide bonds. The summed E-state index contributed by atoms with van der Waals surface area (Å²) in [6.45, 7) is 5.95. The predicted molar refractivity (Wildman–Crippen MR) is 91.7 cm³/mol. The summed E-state index contributed by atoms with van der Waals surface area (Å²) >= 11 is 0. The maximum absolute atomic E-state index is 12.3. The first kappa shape index (κ1) is 16.4. The zero-order valence-corrected chi connectivity index (χ0v) is 13.4. The SMILES string of the molecule is CC.Cc1ccccc1NC(=O)c1ccnc(-n2cnnc2)c1.[HH]. The van der Waals surface area contributed by atoms with Gasteiger partial charge >= 0.3 is 0 Å². The van der Waals surface area contributed by atoms with E-state index in [1.807, 2.05) is 45.0 Å². The second-order valence-corrected chi connectivity index (χ2v) is 4.54. The highest BCUT2D eigenvalue weighted by Crippen LogP contribution is 2.15.